The Morgan fingerprint density at radius 3 is 3.04 bits per heavy atom. The Labute approximate surface area is 142 Å². The number of aryl methyl sites for hydroxylation is 1. The Kier molecular flexibility index (Phi) is 4.74. The molecule has 0 saturated carbocycles. The van der Waals surface area contributed by atoms with Crippen LogP contribution in [0.15, 0.2) is 30.6 Å². The van der Waals surface area contributed by atoms with E-state index in [1.807, 2.05) is 39.2 Å². The standard InChI is InChI=1S/C18H24N4O2/c1-4-24-17-7-5-6-14-15(17)8-9-16(14)21-18(23)20-12(2)13-10-19-22(3)11-13/h5-7,10-12,16H,4,8-9H2,1-3H3,(H2,20,21,23)/t12-,16-/m1/s1. The van der Waals surface area contributed by atoms with Crippen molar-refractivity contribution in [2.45, 2.75) is 38.8 Å². The largest absolute Gasteiger partial charge is 0.494 e. The summed E-state index contributed by atoms with van der Waals surface area (Å²) in [6.45, 7) is 4.58. The predicted molar refractivity (Wildman–Crippen MR) is 92.0 cm³/mol. The van der Waals surface area contributed by atoms with E-state index >= 15 is 0 Å². The van der Waals surface area contributed by atoms with Crippen molar-refractivity contribution in [2.24, 2.45) is 7.05 Å². The van der Waals surface area contributed by atoms with E-state index in [-0.39, 0.29) is 18.1 Å². The molecule has 1 aromatic carbocycles. The Balaban J connectivity index is 1.64. The number of nitrogens with zero attached hydrogens (tertiary/aromatic N) is 2. The topological polar surface area (TPSA) is 68.2 Å². The summed E-state index contributed by atoms with van der Waals surface area (Å²) in [5, 5.41) is 10.2. The second-order valence-corrected chi connectivity index (χ2v) is 6.14. The molecule has 6 heteroatoms. The zero-order valence-electron chi connectivity index (χ0n) is 14.4. The highest BCUT2D eigenvalue weighted by Crippen LogP contribution is 2.36. The first-order valence-corrected chi connectivity index (χ1v) is 8.38. The predicted octanol–water partition coefficient (Wildman–Crippen LogP) is 2.87. The van der Waals surface area contributed by atoms with Gasteiger partial charge in [-0.2, -0.15) is 5.10 Å². The highest BCUT2D eigenvalue weighted by atomic mass is 16.5. The zero-order valence-corrected chi connectivity index (χ0v) is 14.4. The van der Waals surface area contributed by atoms with Crippen molar-refractivity contribution in [3.8, 4) is 5.75 Å². The number of ether oxygens (including phenoxy) is 1. The Morgan fingerprint density at radius 2 is 2.33 bits per heavy atom. The number of hydrogen-bond donors (Lipinski definition) is 2. The van der Waals surface area contributed by atoms with Gasteiger partial charge in [-0.1, -0.05) is 12.1 Å². The number of carbonyl (C=O) groups is 1. The summed E-state index contributed by atoms with van der Waals surface area (Å²) in [5.41, 5.74) is 3.35. The molecule has 0 unspecified atom stereocenters. The van der Waals surface area contributed by atoms with Crippen molar-refractivity contribution >= 4 is 6.03 Å². The Bertz CT molecular complexity index is 726. The number of urea groups is 1. The fourth-order valence-corrected chi connectivity index (χ4v) is 3.21. The highest BCUT2D eigenvalue weighted by Gasteiger charge is 2.26. The molecule has 0 bridgehead atoms. The van der Waals surface area contributed by atoms with E-state index < -0.39 is 0 Å². The normalized spacial score (nSPS) is 17.2. The first kappa shape index (κ1) is 16.4. The monoisotopic (exact) mass is 328 g/mol. The summed E-state index contributed by atoms with van der Waals surface area (Å²) in [6, 6.07) is 5.83. The molecule has 2 atom stereocenters. The van der Waals surface area contributed by atoms with E-state index in [2.05, 4.69) is 21.8 Å². The van der Waals surface area contributed by atoms with E-state index in [9.17, 15) is 4.79 Å². The van der Waals surface area contributed by atoms with Gasteiger partial charge in [0.2, 0.25) is 0 Å². The molecule has 2 N–H and O–H groups in total. The number of amides is 2. The molecular weight excluding hydrogens is 304 g/mol. The van der Waals surface area contributed by atoms with Crippen LogP contribution in [0.5, 0.6) is 5.75 Å². The third-order valence-corrected chi connectivity index (χ3v) is 4.41. The van der Waals surface area contributed by atoms with Crippen LogP contribution in [0.3, 0.4) is 0 Å². The highest BCUT2D eigenvalue weighted by molar-refractivity contribution is 5.75. The number of rotatable bonds is 5. The van der Waals surface area contributed by atoms with Gasteiger partial charge in [0.15, 0.2) is 0 Å². The third-order valence-electron chi connectivity index (χ3n) is 4.41. The van der Waals surface area contributed by atoms with E-state index in [0.29, 0.717) is 6.61 Å². The fourth-order valence-electron chi connectivity index (χ4n) is 3.21. The lowest BCUT2D eigenvalue weighted by atomic mass is 10.1. The molecule has 2 aromatic rings. The van der Waals surface area contributed by atoms with Crippen molar-refractivity contribution < 1.29 is 9.53 Å². The van der Waals surface area contributed by atoms with E-state index in [4.69, 9.17) is 4.74 Å². The summed E-state index contributed by atoms with van der Waals surface area (Å²) in [4.78, 5) is 12.3. The van der Waals surface area contributed by atoms with Gasteiger partial charge in [-0.05, 0) is 43.9 Å². The van der Waals surface area contributed by atoms with Crippen molar-refractivity contribution in [2.75, 3.05) is 6.61 Å². The van der Waals surface area contributed by atoms with Gasteiger partial charge in [0.25, 0.3) is 0 Å². The lowest BCUT2D eigenvalue weighted by molar-refractivity contribution is 0.234. The summed E-state index contributed by atoms with van der Waals surface area (Å²) in [7, 11) is 1.86. The van der Waals surface area contributed by atoms with Gasteiger partial charge in [0, 0.05) is 18.8 Å². The summed E-state index contributed by atoms with van der Waals surface area (Å²) in [5.74, 6) is 0.934. The van der Waals surface area contributed by atoms with Crippen LogP contribution in [0.4, 0.5) is 4.79 Å². The van der Waals surface area contributed by atoms with Crippen LogP contribution in [0.25, 0.3) is 0 Å². The van der Waals surface area contributed by atoms with Crippen LogP contribution in [-0.2, 0) is 13.5 Å². The average Bonchev–Trinajstić information content (AvgIpc) is 3.15. The number of fused-ring (bicyclic) bond motifs is 1. The van der Waals surface area contributed by atoms with E-state index in [0.717, 1.165) is 29.7 Å². The number of benzene rings is 1. The maximum Gasteiger partial charge on any atom is 0.315 e. The second-order valence-electron chi connectivity index (χ2n) is 6.14. The molecule has 1 heterocycles. The maximum absolute atomic E-state index is 12.3. The molecule has 1 aliphatic rings. The van der Waals surface area contributed by atoms with Crippen LogP contribution < -0.4 is 15.4 Å². The van der Waals surface area contributed by atoms with Crippen molar-refractivity contribution in [1.82, 2.24) is 20.4 Å². The molecule has 6 nitrogen and oxygen atoms in total. The minimum atomic E-state index is -0.161. The van der Waals surface area contributed by atoms with Gasteiger partial charge < -0.3 is 15.4 Å². The molecule has 0 spiro atoms. The quantitative estimate of drug-likeness (QED) is 0.887. The van der Waals surface area contributed by atoms with Gasteiger partial charge >= 0.3 is 6.03 Å². The average molecular weight is 328 g/mol. The number of aromatic nitrogens is 2. The summed E-state index contributed by atoms with van der Waals surface area (Å²) < 4.78 is 7.42. The Hall–Kier alpha value is -2.50. The molecular formula is C18H24N4O2. The van der Waals surface area contributed by atoms with Crippen molar-refractivity contribution in [1.29, 1.82) is 0 Å². The molecule has 0 saturated heterocycles. The Morgan fingerprint density at radius 1 is 1.50 bits per heavy atom. The molecule has 24 heavy (non-hydrogen) atoms. The number of hydrogen-bond acceptors (Lipinski definition) is 3. The van der Waals surface area contributed by atoms with Gasteiger partial charge in [-0.15, -0.1) is 0 Å². The van der Waals surface area contributed by atoms with Crippen LogP contribution in [0.1, 0.15) is 49.0 Å². The van der Waals surface area contributed by atoms with Crippen molar-refractivity contribution in [3.05, 3.63) is 47.3 Å². The summed E-state index contributed by atoms with van der Waals surface area (Å²) >= 11 is 0. The minimum Gasteiger partial charge on any atom is -0.494 e. The molecule has 0 fully saturated rings. The van der Waals surface area contributed by atoms with Crippen LogP contribution in [0.2, 0.25) is 0 Å². The lowest BCUT2D eigenvalue weighted by Crippen LogP contribution is -2.38. The van der Waals surface area contributed by atoms with Crippen LogP contribution in [0, 0.1) is 0 Å². The molecule has 1 aromatic heterocycles. The SMILES string of the molecule is CCOc1cccc2c1CC[C@H]2NC(=O)N[C@H](C)c1cnn(C)c1. The smallest absolute Gasteiger partial charge is 0.315 e. The molecule has 0 radical (unpaired) electrons. The van der Waals surface area contributed by atoms with Crippen molar-refractivity contribution in [3.63, 3.8) is 0 Å². The van der Waals surface area contributed by atoms with E-state index in [1.165, 1.54) is 5.56 Å². The van der Waals surface area contributed by atoms with E-state index in [1.54, 1.807) is 10.9 Å². The van der Waals surface area contributed by atoms with Gasteiger partial charge in [-0.25, -0.2) is 4.79 Å². The first-order valence-electron chi connectivity index (χ1n) is 8.38. The van der Waals surface area contributed by atoms with Gasteiger partial charge in [0.05, 0.1) is 24.9 Å². The summed E-state index contributed by atoms with van der Waals surface area (Å²) in [6.07, 6.45) is 5.50. The molecule has 2 amide bonds. The molecule has 1 aliphatic carbocycles. The number of nitrogens with one attached hydrogen (secondary N) is 2. The van der Waals surface area contributed by atoms with Crippen LogP contribution >= 0.6 is 0 Å². The lowest BCUT2D eigenvalue weighted by Gasteiger charge is -2.18. The van der Waals surface area contributed by atoms with Gasteiger partial charge in [-0.3, -0.25) is 4.68 Å². The second kappa shape index (κ2) is 6.95. The minimum absolute atomic E-state index is 0.0292. The maximum atomic E-state index is 12.3. The molecule has 3 rings (SSSR count). The fraction of sp³-hybridized carbons (Fsp3) is 0.444. The van der Waals surface area contributed by atoms with Crippen LogP contribution in [-0.4, -0.2) is 22.4 Å². The molecule has 0 aliphatic heterocycles. The number of carbonyl (C=O) groups excluding carboxylic acids is 1. The van der Waals surface area contributed by atoms with Gasteiger partial charge in [0.1, 0.15) is 5.75 Å². The first-order chi connectivity index (χ1) is 11.6. The third kappa shape index (κ3) is 3.37. The zero-order chi connectivity index (χ0) is 17.1. The molecule has 128 valence electrons.